The van der Waals surface area contributed by atoms with Crippen molar-refractivity contribution in [1.82, 2.24) is 0 Å². The molecule has 0 saturated carbocycles. The van der Waals surface area contributed by atoms with E-state index < -0.39 is 0 Å². The van der Waals surface area contributed by atoms with E-state index in [1.54, 1.807) is 0 Å². The summed E-state index contributed by atoms with van der Waals surface area (Å²) in [4.78, 5) is 0. The van der Waals surface area contributed by atoms with Crippen molar-refractivity contribution in [2.24, 2.45) is 5.92 Å². The molecule has 0 fully saturated rings. The molecule has 0 heterocycles. The molecule has 1 atom stereocenters. The molecule has 0 amide bonds. The van der Waals surface area contributed by atoms with Crippen LogP contribution in [0.4, 0.5) is 0 Å². The molecule has 1 aliphatic carbocycles. The van der Waals surface area contributed by atoms with Gasteiger partial charge in [-0.3, -0.25) is 6.08 Å². The summed E-state index contributed by atoms with van der Waals surface area (Å²) in [7, 11) is 0. The van der Waals surface area contributed by atoms with Gasteiger partial charge in [-0.25, -0.2) is 5.57 Å². The summed E-state index contributed by atoms with van der Waals surface area (Å²) >= 11 is 0. The van der Waals surface area contributed by atoms with Gasteiger partial charge in [0.15, 0.2) is 0 Å². The molecule has 0 aliphatic heterocycles. The Bertz CT molecular complexity index is 187. The first-order valence-corrected chi connectivity index (χ1v) is 3.40. The van der Waals surface area contributed by atoms with Gasteiger partial charge in [-0.1, -0.05) is 26.7 Å². The van der Waals surface area contributed by atoms with Crippen LogP contribution in [0.25, 0.3) is 0 Å². The molecule has 1 unspecified atom stereocenters. The molecule has 0 radical (unpaired) electrons. The summed E-state index contributed by atoms with van der Waals surface area (Å²) in [6.45, 7) is 8.67. The Balaban J connectivity index is 0.000000810. The minimum atomic E-state index is 0. The van der Waals surface area contributed by atoms with Gasteiger partial charge in [-0.2, -0.15) is 11.1 Å². The van der Waals surface area contributed by atoms with Crippen LogP contribution >= 0.6 is 0 Å². The molecule has 0 aromatic carbocycles. The van der Waals surface area contributed by atoms with Crippen molar-refractivity contribution in [1.29, 1.82) is 0 Å². The molecule has 54 valence electrons. The SMILES string of the molecule is CC1=[C-]C(C)C(C)=C1C.[Zr]. The zero-order valence-corrected chi connectivity index (χ0v) is 9.54. The molecule has 1 heteroatoms. The molecule has 0 nitrogen and oxygen atoms in total. The molecule has 1 aliphatic rings. The van der Waals surface area contributed by atoms with Crippen molar-refractivity contribution >= 4 is 0 Å². The normalized spacial score (nSPS) is 24.4. The Morgan fingerprint density at radius 2 is 1.70 bits per heavy atom. The largest absolute Gasteiger partial charge is 0.266 e. The van der Waals surface area contributed by atoms with Gasteiger partial charge in [-0.05, 0) is 0 Å². The quantitative estimate of drug-likeness (QED) is 0.542. The number of rotatable bonds is 0. The summed E-state index contributed by atoms with van der Waals surface area (Å²) < 4.78 is 0. The van der Waals surface area contributed by atoms with Crippen LogP contribution < -0.4 is 0 Å². The van der Waals surface area contributed by atoms with Crippen molar-refractivity contribution < 1.29 is 26.2 Å². The molecule has 0 saturated heterocycles. The predicted molar refractivity (Wildman–Crippen MR) is 40.0 cm³/mol. The van der Waals surface area contributed by atoms with Gasteiger partial charge in [0.2, 0.25) is 0 Å². The van der Waals surface area contributed by atoms with Crippen molar-refractivity contribution in [2.75, 3.05) is 0 Å². The van der Waals surface area contributed by atoms with Crippen LogP contribution in [0.5, 0.6) is 0 Å². The predicted octanol–water partition coefficient (Wildman–Crippen LogP) is 2.72. The van der Waals surface area contributed by atoms with E-state index in [1.165, 1.54) is 16.7 Å². The van der Waals surface area contributed by atoms with E-state index in [0.29, 0.717) is 5.92 Å². The fourth-order valence-corrected chi connectivity index (χ4v) is 1.16. The molecule has 1 rings (SSSR count). The van der Waals surface area contributed by atoms with Crippen molar-refractivity contribution in [3.63, 3.8) is 0 Å². The van der Waals surface area contributed by atoms with E-state index in [2.05, 4.69) is 33.8 Å². The molecule has 0 bridgehead atoms. The van der Waals surface area contributed by atoms with E-state index in [1.807, 2.05) is 0 Å². The van der Waals surface area contributed by atoms with Gasteiger partial charge in [0.25, 0.3) is 0 Å². The Morgan fingerprint density at radius 1 is 1.20 bits per heavy atom. The van der Waals surface area contributed by atoms with Gasteiger partial charge < -0.3 is 0 Å². The number of hydrogen-bond donors (Lipinski definition) is 0. The van der Waals surface area contributed by atoms with Crippen LogP contribution in [0.3, 0.4) is 0 Å². The Morgan fingerprint density at radius 3 is 1.80 bits per heavy atom. The van der Waals surface area contributed by atoms with Crippen LogP contribution in [-0.2, 0) is 26.2 Å². The molecular formula is C9H13Zr-. The van der Waals surface area contributed by atoms with E-state index in [4.69, 9.17) is 0 Å². The molecule has 0 aromatic heterocycles. The summed E-state index contributed by atoms with van der Waals surface area (Å²) in [5.41, 5.74) is 4.25. The topological polar surface area (TPSA) is 0 Å². The Hall–Kier alpha value is 0.363. The first kappa shape index (κ1) is 10.4. The first-order valence-electron chi connectivity index (χ1n) is 3.40. The maximum absolute atomic E-state index is 3.36. The van der Waals surface area contributed by atoms with Gasteiger partial charge >= 0.3 is 0 Å². The number of allylic oxidation sites excluding steroid dienone is 4. The third-order valence-electron chi connectivity index (χ3n) is 2.24. The van der Waals surface area contributed by atoms with Gasteiger partial charge in [-0.15, -0.1) is 6.92 Å². The summed E-state index contributed by atoms with van der Waals surface area (Å²) in [6.07, 6.45) is 3.36. The monoisotopic (exact) mass is 211 g/mol. The fourth-order valence-electron chi connectivity index (χ4n) is 1.16. The van der Waals surface area contributed by atoms with Crippen molar-refractivity contribution in [2.45, 2.75) is 27.7 Å². The van der Waals surface area contributed by atoms with Gasteiger partial charge in [0.05, 0.1) is 0 Å². The summed E-state index contributed by atoms with van der Waals surface area (Å²) in [6, 6.07) is 0. The third-order valence-corrected chi connectivity index (χ3v) is 2.24. The summed E-state index contributed by atoms with van der Waals surface area (Å²) in [5.74, 6) is 0.560. The average Bonchev–Trinajstić information content (AvgIpc) is 1.98. The summed E-state index contributed by atoms with van der Waals surface area (Å²) in [5, 5.41) is 0. The molecule has 0 aromatic rings. The van der Waals surface area contributed by atoms with Crippen LogP contribution in [-0.4, -0.2) is 0 Å². The van der Waals surface area contributed by atoms with E-state index in [9.17, 15) is 0 Å². The second-order valence-corrected chi connectivity index (χ2v) is 2.80. The zero-order valence-electron chi connectivity index (χ0n) is 7.08. The fraction of sp³-hybridized carbons (Fsp3) is 0.556. The third kappa shape index (κ3) is 1.69. The molecule has 0 N–H and O–H groups in total. The molecular weight excluding hydrogens is 199 g/mol. The smallest absolute Gasteiger partial charge is 0 e. The van der Waals surface area contributed by atoms with Crippen molar-refractivity contribution in [3.8, 4) is 0 Å². The zero-order chi connectivity index (χ0) is 7.02. The van der Waals surface area contributed by atoms with Crippen molar-refractivity contribution in [3.05, 3.63) is 22.8 Å². The minimum Gasteiger partial charge on any atom is -0.266 e. The number of hydrogen-bond acceptors (Lipinski definition) is 0. The second-order valence-electron chi connectivity index (χ2n) is 2.80. The Kier molecular flexibility index (Phi) is 3.80. The standard InChI is InChI=1S/C9H13.Zr/c1-6-5-7(2)9(4)8(6)3;/h6H,1-4H3;/q-1;. The van der Waals surface area contributed by atoms with Crippen LogP contribution in [0.1, 0.15) is 27.7 Å². The van der Waals surface area contributed by atoms with Crippen LogP contribution in [0.15, 0.2) is 16.7 Å². The maximum Gasteiger partial charge on any atom is 0 e. The molecule has 0 spiro atoms. The van der Waals surface area contributed by atoms with E-state index >= 15 is 0 Å². The van der Waals surface area contributed by atoms with E-state index in [0.717, 1.165) is 0 Å². The van der Waals surface area contributed by atoms with Gasteiger partial charge in [0.1, 0.15) is 0 Å². The molecule has 10 heavy (non-hydrogen) atoms. The van der Waals surface area contributed by atoms with Gasteiger partial charge in [0, 0.05) is 26.2 Å². The minimum absolute atomic E-state index is 0. The van der Waals surface area contributed by atoms with Crippen LogP contribution in [0.2, 0.25) is 0 Å². The Labute approximate surface area is 82.5 Å². The average molecular weight is 212 g/mol. The van der Waals surface area contributed by atoms with E-state index in [-0.39, 0.29) is 26.2 Å². The first-order chi connectivity index (χ1) is 4.13. The second kappa shape index (κ2) is 3.67. The van der Waals surface area contributed by atoms with Crippen LogP contribution in [0, 0.1) is 12.0 Å². The maximum atomic E-state index is 3.36.